The van der Waals surface area contributed by atoms with Crippen molar-refractivity contribution in [1.29, 1.82) is 0 Å². The summed E-state index contributed by atoms with van der Waals surface area (Å²) in [6.07, 6.45) is -5.06. The van der Waals surface area contributed by atoms with Crippen LogP contribution in [-0.4, -0.2) is 75.3 Å². The molecule has 2 aliphatic heterocycles. The minimum atomic E-state index is -2.36. The Labute approximate surface area is 202 Å². The van der Waals surface area contributed by atoms with E-state index >= 15 is 0 Å². The molecule has 2 heterocycles. The highest BCUT2D eigenvalue weighted by Gasteiger charge is 2.59. The number of Topliss-reactive ketones (excluding diaryl/α,β-unsaturated/α-hetero) is 2. The van der Waals surface area contributed by atoms with Crippen molar-refractivity contribution in [3.63, 3.8) is 0 Å². The summed E-state index contributed by atoms with van der Waals surface area (Å²) in [5.74, 6) is -1.66. The summed E-state index contributed by atoms with van der Waals surface area (Å²) in [5, 5.41) is 24.7. The number of aliphatic hydroxyl groups excluding tert-OH is 1. The monoisotopic (exact) mass is 481 g/mol. The molecule has 4 amide bonds. The molecule has 0 aliphatic carbocycles. The maximum Gasteiger partial charge on any atom is 0.328 e. The minimum absolute atomic E-state index is 0.175. The molecule has 2 saturated heterocycles. The summed E-state index contributed by atoms with van der Waals surface area (Å²) in [6.45, 7) is 3.24. The van der Waals surface area contributed by atoms with Crippen LogP contribution in [-0.2, 0) is 9.53 Å². The quantitative estimate of drug-likeness (QED) is 0.534. The fourth-order valence-corrected chi connectivity index (χ4v) is 4.48. The number of aliphatic hydroxyl groups is 2. The maximum atomic E-state index is 13.6. The van der Waals surface area contributed by atoms with Crippen molar-refractivity contribution in [3.05, 3.63) is 70.8 Å². The number of urea groups is 2. The molecule has 2 fully saturated rings. The van der Waals surface area contributed by atoms with Crippen LogP contribution in [0, 0.1) is 13.8 Å². The normalized spacial score (nSPS) is 25.4. The molecule has 2 aromatic carbocycles. The smallest absolute Gasteiger partial charge is 0.328 e. The van der Waals surface area contributed by atoms with Crippen LogP contribution in [0.2, 0.25) is 0 Å². The van der Waals surface area contributed by atoms with Crippen molar-refractivity contribution in [2.24, 2.45) is 0 Å². The first-order valence-electron chi connectivity index (χ1n) is 11.1. The second-order valence-electron chi connectivity index (χ2n) is 8.95. The number of imide groups is 1. The minimum Gasteiger partial charge on any atom is -0.380 e. The molecule has 184 valence electrons. The molecule has 10 nitrogen and oxygen atoms in total. The third-order valence-corrected chi connectivity index (χ3v) is 6.54. The summed E-state index contributed by atoms with van der Waals surface area (Å²) in [5.41, 5.74) is -0.625. The summed E-state index contributed by atoms with van der Waals surface area (Å²) >= 11 is 0. The Balaban J connectivity index is 1.72. The lowest BCUT2D eigenvalue weighted by molar-refractivity contribution is -0.149. The van der Waals surface area contributed by atoms with Gasteiger partial charge in [0.1, 0.15) is 19.0 Å². The second-order valence-corrected chi connectivity index (χ2v) is 8.95. The highest BCUT2D eigenvalue weighted by molar-refractivity contribution is 6.08. The van der Waals surface area contributed by atoms with Gasteiger partial charge in [0.2, 0.25) is 0 Å². The average molecular weight is 482 g/mol. The fraction of sp³-hybridized carbons (Fsp3) is 0.360. The molecular weight excluding hydrogens is 454 g/mol. The van der Waals surface area contributed by atoms with Gasteiger partial charge in [-0.3, -0.25) is 19.8 Å². The molecule has 2 aliphatic rings. The van der Waals surface area contributed by atoms with E-state index in [0.717, 1.165) is 4.90 Å². The zero-order valence-corrected chi connectivity index (χ0v) is 19.6. The van der Waals surface area contributed by atoms with Gasteiger partial charge in [0.25, 0.3) is 0 Å². The van der Waals surface area contributed by atoms with Crippen LogP contribution in [0.1, 0.15) is 39.6 Å². The van der Waals surface area contributed by atoms with E-state index < -0.39 is 54.1 Å². The van der Waals surface area contributed by atoms with Crippen molar-refractivity contribution < 1.29 is 34.1 Å². The zero-order chi connectivity index (χ0) is 25.5. The lowest BCUT2D eigenvalue weighted by Crippen LogP contribution is -2.60. The number of ketones is 2. The SMILES string of the molecule is Cc1ccccc1C(=O)[C@]1(O)C[C@H](N2CN(C)C(=O)NC2=O)O[C@@H]1C(=O)C(O)c1ccccc1C. The first kappa shape index (κ1) is 24.5. The van der Waals surface area contributed by atoms with E-state index in [9.17, 15) is 29.4 Å². The fourth-order valence-electron chi connectivity index (χ4n) is 4.48. The number of aryl methyl sites for hydroxylation is 2. The molecule has 0 saturated carbocycles. The van der Waals surface area contributed by atoms with E-state index in [1.54, 1.807) is 56.3 Å². The summed E-state index contributed by atoms with van der Waals surface area (Å²) < 4.78 is 5.84. The average Bonchev–Trinajstić information content (AvgIpc) is 3.19. The lowest BCUT2D eigenvalue weighted by atomic mass is 9.81. The van der Waals surface area contributed by atoms with E-state index in [2.05, 4.69) is 5.32 Å². The van der Waals surface area contributed by atoms with Gasteiger partial charge in [-0.25, -0.2) is 9.59 Å². The van der Waals surface area contributed by atoms with Crippen LogP contribution in [0.15, 0.2) is 48.5 Å². The zero-order valence-electron chi connectivity index (χ0n) is 19.6. The van der Waals surface area contributed by atoms with Crippen LogP contribution < -0.4 is 5.32 Å². The van der Waals surface area contributed by atoms with Gasteiger partial charge in [0, 0.05) is 19.0 Å². The first-order valence-corrected chi connectivity index (χ1v) is 11.1. The third-order valence-electron chi connectivity index (χ3n) is 6.54. The Morgan fingerprint density at radius 1 is 1.06 bits per heavy atom. The van der Waals surface area contributed by atoms with Crippen LogP contribution in [0.25, 0.3) is 0 Å². The van der Waals surface area contributed by atoms with Crippen molar-refractivity contribution in [2.75, 3.05) is 13.7 Å². The maximum absolute atomic E-state index is 13.6. The predicted molar refractivity (Wildman–Crippen MR) is 123 cm³/mol. The molecule has 10 heteroatoms. The van der Waals surface area contributed by atoms with Gasteiger partial charge in [0.05, 0.1) is 0 Å². The van der Waals surface area contributed by atoms with Gasteiger partial charge < -0.3 is 19.8 Å². The highest BCUT2D eigenvalue weighted by atomic mass is 16.5. The standard InChI is InChI=1S/C25H27N3O7/c1-14-8-4-6-10-16(14)19(29)20(30)22-25(34,21(31)17-11-7-5-9-15(17)2)12-18(35-22)28-13-27(3)23(32)26-24(28)33/h4-11,18-19,22,29,34H,12-13H2,1-3H3,(H,26,32,33)/t18-,19?,22-,25-/m1/s1. The molecule has 0 radical (unpaired) electrons. The Kier molecular flexibility index (Phi) is 6.46. The molecule has 4 rings (SSSR count). The van der Waals surface area contributed by atoms with E-state index in [0.29, 0.717) is 16.7 Å². The van der Waals surface area contributed by atoms with Crippen LogP contribution in [0.4, 0.5) is 9.59 Å². The molecule has 0 bridgehead atoms. The largest absolute Gasteiger partial charge is 0.380 e. The Hall–Kier alpha value is -3.60. The number of hydrogen-bond acceptors (Lipinski definition) is 7. The van der Waals surface area contributed by atoms with Gasteiger partial charge >= 0.3 is 12.1 Å². The molecule has 0 aromatic heterocycles. The predicted octanol–water partition coefficient (Wildman–Crippen LogP) is 1.67. The number of ether oxygens (including phenoxy) is 1. The van der Waals surface area contributed by atoms with Gasteiger partial charge in [0.15, 0.2) is 23.3 Å². The molecule has 1 unspecified atom stereocenters. The molecule has 35 heavy (non-hydrogen) atoms. The Morgan fingerprint density at radius 3 is 2.34 bits per heavy atom. The molecule has 0 spiro atoms. The number of nitrogens with zero attached hydrogens (tertiary/aromatic N) is 2. The van der Waals surface area contributed by atoms with Crippen molar-refractivity contribution in [3.8, 4) is 0 Å². The van der Waals surface area contributed by atoms with Gasteiger partial charge in [-0.2, -0.15) is 0 Å². The van der Waals surface area contributed by atoms with E-state index in [1.807, 2.05) is 0 Å². The van der Waals surface area contributed by atoms with Crippen molar-refractivity contribution in [2.45, 2.75) is 44.3 Å². The number of rotatable bonds is 6. The number of carbonyl (C=O) groups is 4. The summed E-state index contributed by atoms with van der Waals surface area (Å²) in [7, 11) is 1.46. The van der Waals surface area contributed by atoms with Crippen molar-refractivity contribution in [1.82, 2.24) is 15.1 Å². The van der Waals surface area contributed by atoms with Crippen LogP contribution in [0.5, 0.6) is 0 Å². The van der Waals surface area contributed by atoms with E-state index in [1.165, 1.54) is 18.0 Å². The number of benzene rings is 2. The molecular formula is C25H27N3O7. The van der Waals surface area contributed by atoms with Gasteiger partial charge in [-0.1, -0.05) is 48.5 Å². The third kappa shape index (κ3) is 4.31. The highest BCUT2D eigenvalue weighted by Crippen LogP contribution is 2.39. The topological polar surface area (TPSA) is 136 Å². The molecule has 2 aromatic rings. The number of hydrogen-bond donors (Lipinski definition) is 3. The number of amides is 4. The van der Waals surface area contributed by atoms with E-state index in [-0.39, 0.29) is 12.2 Å². The Bertz CT molecular complexity index is 1200. The van der Waals surface area contributed by atoms with Gasteiger partial charge in [-0.05, 0) is 30.5 Å². The van der Waals surface area contributed by atoms with Gasteiger partial charge in [-0.15, -0.1) is 0 Å². The van der Waals surface area contributed by atoms with Crippen molar-refractivity contribution >= 4 is 23.6 Å². The number of nitrogens with one attached hydrogen (secondary N) is 1. The van der Waals surface area contributed by atoms with Crippen LogP contribution >= 0.6 is 0 Å². The van der Waals surface area contributed by atoms with Crippen LogP contribution in [0.3, 0.4) is 0 Å². The second kappa shape index (κ2) is 9.21. The first-order chi connectivity index (χ1) is 16.5. The molecule has 4 atom stereocenters. The molecule has 3 N–H and O–H groups in total. The summed E-state index contributed by atoms with van der Waals surface area (Å²) in [6, 6.07) is 11.9. The number of carbonyl (C=O) groups excluding carboxylic acids is 4. The van der Waals surface area contributed by atoms with E-state index in [4.69, 9.17) is 4.74 Å². The lowest BCUT2D eigenvalue weighted by Gasteiger charge is -2.36. The summed E-state index contributed by atoms with van der Waals surface area (Å²) in [4.78, 5) is 53.7. The Morgan fingerprint density at radius 2 is 1.69 bits per heavy atom.